The first-order chi connectivity index (χ1) is 36.6. The van der Waals surface area contributed by atoms with Crippen molar-refractivity contribution in [2.75, 3.05) is 53.4 Å². The van der Waals surface area contributed by atoms with Gasteiger partial charge in [0.15, 0.2) is 21.2 Å². The van der Waals surface area contributed by atoms with E-state index in [1.54, 1.807) is 41.3 Å². The Hall–Kier alpha value is -6.03. The Balaban J connectivity index is 0.000000255. The highest BCUT2D eigenvalue weighted by Crippen LogP contribution is 2.32. The number of amides is 1. The van der Waals surface area contributed by atoms with Gasteiger partial charge in [0.1, 0.15) is 51.5 Å². The fraction of sp³-hybridized carbons (Fsp3) is 0.389. The maximum Gasteiger partial charge on any atom is 0.410 e. The predicted molar refractivity (Wildman–Crippen MR) is 321 cm³/mol. The number of aliphatic carboxylic acids is 1. The van der Waals surface area contributed by atoms with Gasteiger partial charge in [-0.05, 0) is 155 Å². The van der Waals surface area contributed by atoms with E-state index >= 15 is 0 Å². The number of aromatic nitrogens is 1. The van der Waals surface area contributed by atoms with Crippen LogP contribution in [0.4, 0.5) is 27.1 Å². The Morgan fingerprint density at radius 2 is 1.47 bits per heavy atom. The van der Waals surface area contributed by atoms with Gasteiger partial charge in [0.25, 0.3) is 5.97 Å². The molecule has 10 N–H and O–H groups in total. The molecule has 0 radical (unpaired) electrons. The number of nitrogen functional groups attached to an aromatic ring is 1. The zero-order chi connectivity index (χ0) is 56.7. The fourth-order valence-electron chi connectivity index (χ4n) is 7.34. The van der Waals surface area contributed by atoms with Crippen molar-refractivity contribution in [3.63, 3.8) is 0 Å². The molecule has 3 heterocycles. The topological polar surface area (TPSA) is 273 Å². The number of carboxylic acid groups (broad SMARTS) is 1. The van der Waals surface area contributed by atoms with Crippen LogP contribution in [0.3, 0.4) is 0 Å². The molecule has 416 valence electrons. The molecule has 2 saturated heterocycles. The second kappa shape index (κ2) is 32.0. The third kappa shape index (κ3) is 22.5. The average Bonchev–Trinajstić information content (AvgIpc) is 4.16. The number of phenols is 2. The summed E-state index contributed by atoms with van der Waals surface area (Å²) in [6.07, 6.45) is 4.98. The number of phenolic OH excluding ortho intramolecular Hbond substituents is 2. The number of rotatable bonds is 16. The number of aryl methyl sites for hydroxylation is 2. The molecule has 4 aromatic carbocycles. The lowest BCUT2D eigenvalue weighted by Gasteiger charge is -2.24. The fourth-order valence-corrected chi connectivity index (χ4v) is 9.64. The largest absolute Gasteiger partial charge is 0.508 e. The van der Waals surface area contributed by atoms with Gasteiger partial charge in [0.2, 0.25) is 5.78 Å². The molecule has 0 bridgehead atoms. The van der Waals surface area contributed by atoms with Crippen molar-refractivity contribution in [3.8, 4) is 23.0 Å². The van der Waals surface area contributed by atoms with Gasteiger partial charge in [-0.1, -0.05) is 65.7 Å². The number of halogens is 1. The van der Waals surface area contributed by atoms with Gasteiger partial charge in [-0.2, -0.15) is 4.99 Å². The number of benzene rings is 4. The lowest BCUT2D eigenvalue weighted by atomic mass is 10.0. The van der Waals surface area contributed by atoms with E-state index in [2.05, 4.69) is 51.1 Å². The first kappa shape index (κ1) is 63.5. The third-order valence-electron chi connectivity index (χ3n) is 10.8. The number of thiazole rings is 1. The molecule has 0 spiro atoms. The summed E-state index contributed by atoms with van der Waals surface area (Å²) in [6.45, 7) is 13.7. The van der Waals surface area contributed by atoms with E-state index in [0.29, 0.717) is 56.3 Å². The number of carboxylic acids is 1. The molecule has 5 aromatic rings. The standard InChI is InChI=1S/C23H26N4O3S.C18H27N4O3PS2.C11H13BrO2.C2H4O2/c1-2-3-14-12-15(4-9-19(14)28)20(29)21-22(24)27-23(31-21)26-16-5-7-17(8-6-16)30-18-10-11-25-13-18;1-18(2,3)25-17(23)22-9-8-14(10-22)24-13-6-4-12(5-7-13)20-16(27)21-15(19)28-11-26;1-2-3-8-6-9(11(14)7-12)4-5-10(8)13;1-2(3)4/h4-9,12,18,25,28H,2-3,10-11,13,24H2,1H3,(H,26,27);4-7,14H,8-11,26H2,1-3H3,(H3,19,20,21,27);4-6,13H,2-3,7H2,1H3;1H3,(H,3,4). The lowest BCUT2D eigenvalue weighted by molar-refractivity contribution is -0.134. The minimum Gasteiger partial charge on any atom is -0.508 e. The molecule has 23 heteroatoms. The van der Waals surface area contributed by atoms with Crippen LogP contribution in [0, 0.1) is 0 Å². The average molecular weight is 1200 g/mol. The van der Waals surface area contributed by atoms with Gasteiger partial charge in [-0.15, -0.1) is 9.24 Å². The van der Waals surface area contributed by atoms with Crippen LogP contribution in [0.15, 0.2) is 89.9 Å². The number of amidine groups is 1. The molecule has 0 saturated carbocycles. The Labute approximate surface area is 474 Å². The van der Waals surface area contributed by atoms with Crippen LogP contribution < -0.4 is 36.9 Å². The van der Waals surface area contributed by atoms with Crippen LogP contribution in [0.2, 0.25) is 0 Å². The number of hydrogen-bond acceptors (Lipinski definition) is 16. The van der Waals surface area contributed by atoms with Crippen molar-refractivity contribution in [3.05, 3.63) is 112 Å². The highest BCUT2D eigenvalue weighted by Gasteiger charge is 2.31. The summed E-state index contributed by atoms with van der Waals surface area (Å²) in [5.41, 5.74) is 16.4. The van der Waals surface area contributed by atoms with E-state index in [4.69, 9.17) is 47.8 Å². The second-order valence-corrected chi connectivity index (χ2v) is 22.4. The smallest absolute Gasteiger partial charge is 0.410 e. The molecule has 0 aliphatic carbocycles. The molecular weight excluding hydrogens is 1130 g/mol. The van der Waals surface area contributed by atoms with Crippen LogP contribution in [0.25, 0.3) is 0 Å². The summed E-state index contributed by atoms with van der Waals surface area (Å²) in [7, 11) is 2.56. The highest BCUT2D eigenvalue weighted by atomic mass is 79.9. The summed E-state index contributed by atoms with van der Waals surface area (Å²) in [5, 5.41) is 38.0. The van der Waals surface area contributed by atoms with E-state index < -0.39 is 11.6 Å². The number of nitrogens with zero attached hydrogens (tertiary/aromatic N) is 3. The highest BCUT2D eigenvalue weighted by molar-refractivity contribution is 9.09. The number of thiocarbonyl (C=S) groups is 1. The van der Waals surface area contributed by atoms with Crippen molar-refractivity contribution in [1.29, 1.82) is 0 Å². The van der Waals surface area contributed by atoms with Crippen LogP contribution in [0.5, 0.6) is 23.0 Å². The molecular formula is C54H70BrN8O10PS3. The van der Waals surface area contributed by atoms with Gasteiger partial charge >= 0.3 is 6.09 Å². The van der Waals surface area contributed by atoms with Crippen molar-refractivity contribution in [2.45, 2.75) is 97.9 Å². The number of Topliss-reactive ketones (excluding diaryl/α,β-unsaturated/α-hetero) is 1. The summed E-state index contributed by atoms with van der Waals surface area (Å²) in [4.78, 5) is 55.9. The minimum atomic E-state index is -0.833. The Bertz CT molecular complexity index is 2770. The SMILES string of the molecule is CC(=O)O.CC(C)(C)OC(=O)N1CCC(Oc2ccc(NC(=S)N=C(N)SCP)cc2)C1.CCCc1cc(C(=O)CBr)ccc1O.CCCc1cc(C(=O)c2sc(Nc3ccc(OC4CCNC4)cc3)nc2N)ccc1O. The maximum absolute atomic E-state index is 13.0. The number of likely N-dealkylation sites (tertiary alicyclic amines) is 1. The van der Waals surface area contributed by atoms with E-state index in [1.165, 1.54) is 23.1 Å². The van der Waals surface area contributed by atoms with E-state index in [0.717, 1.165) is 91.6 Å². The number of carbonyl (C=O) groups is 4. The number of thioether (sulfide) groups is 1. The monoisotopic (exact) mass is 1200 g/mol. The van der Waals surface area contributed by atoms with Crippen molar-refractivity contribution in [2.24, 2.45) is 10.7 Å². The van der Waals surface area contributed by atoms with Crippen molar-refractivity contribution >= 4 is 117 Å². The van der Waals surface area contributed by atoms with Gasteiger partial charge in [0, 0.05) is 54.4 Å². The van der Waals surface area contributed by atoms with Gasteiger partial charge in [0.05, 0.1) is 11.9 Å². The molecule has 18 nitrogen and oxygen atoms in total. The maximum atomic E-state index is 13.0. The van der Waals surface area contributed by atoms with E-state index in [1.807, 2.05) is 83.1 Å². The number of nitrogens with one attached hydrogen (secondary N) is 3. The van der Waals surface area contributed by atoms with Gasteiger partial charge in [-0.3, -0.25) is 14.4 Å². The minimum absolute atomic E-state index is 0.0438. The number of hydrogen-bond donors (Lipinski definition) is 8. The van der Waals surface area contributed by atoms with Crippen LogP contribution in [-0.2, 0) is 22.4 Å². The number of aromatic hydroxyl groups is 2. The Morgan fingerprint density at radius 3 is 2.00 bits per heavy atom. The number of nitrogens with two attached hydrogens (primary N) is 2. The molecule has 77 heavy (non-hydrogen) atoms. The zero-order valence-corrected chi connectivity index (χ0v) is 49.3. The normalized spacial score (nSPS) is 14.8. The summed E-state index contributed by atoms with van der Waals surface area (Å²) < 4.78 is 17.3. The van der Waals surface area contributed by atoms with Gasteiger partial charge < -0.3 is 61.8 Å². The van der Waals surface area contributed by atoms with Crippen LogP contribution in [-0.4, -0.2) is 114 Å². The number of ether oxygens (including phenoxy) is 3. The van der Waals surface area contributed by atoms with E-state index in [9.17, 15) is 24.6 Å². The summed E-state index contributed by atoms with van der Waals surface area (Å²) in [6, 6.07) is 25.0. The number of ketones is 2. The number of aliphatic imine (C=N–C) groups is 1. The molecule has 7 rings (SSSR count). The quantitative estimate of drug-likeness (QED) is 0.0114. The Morgan fingerprint density at radius 1 is 0.909 bits per heavy atom. The van der Waals surface area contributed by atoms with Crippen LogP contribution in [0.1, 0.15) is 104 Å². The Kier molecular flexibility index (Phi) is 26.4. The second-order valence-electron chi connectivity index (χ2n) is 18.4. The predicted octanol–water partition coefficient (Wildman–Crippen LogP) is 10.8. The molecule has 1 amide bonds. The molecule has 3 unspecified atom stereocenters. The first-order valence-electron chi connectivity index (χ1n) is 24.8. The molecule has 2 aliphatic heterocycles. The number of alkyl halides is 1. The molecule has 1 aromatic heterocycles. The summed E-state index contributed by atoms with van der Waals surface area (Å²) >= 11 is 10.9. The summed E-state index contributed by atoms with van der Waals surface area (Å²) in [5.74, 6) is 1.23. The lowest BCUT2D eigenvalue weighted by Crippen LogP contribution is -2.36. The first-order valence-corrected chi connectivity index (χ1v) is 29.0. The van der Waals surface area contributed by atoms with Gasteiger partial charge in [-0.25, -0.2) is 9.78 Å². The number of anilines is 4. The van der Waals surface area contributed by atoms with Crippen molar-refractivity contribution in [1.82, 2.24) is 15.2 Å². The number of carbonyl (C=O) groups excluding carboxylic acids is 3. The zero-order valence-electron chi connectivity index (χ0n) is 44.1. The molecule has 2 fully saturated rings. The third-order valence-corrected chi connectivity index (χ3v) is 13.6. The van der Waals surface area contributed by atoms with E-state index in [-0.39, 0.29) is 47.2 Å². The van der Waals surface area contributed by atoms with Crippen molar-refractivity contribution < 1.29 is 48.7 Å². The molecule has 2 aliphatic rings. The van der Waals surface area contributed by atoms with Crippen LogP contribution >= 0.6 is 60.5 Å². The molecule has 3 atom stereocenters.